The highest BCUT2D eigenvalue weighted by Gasteiger charge is 2.32. The van der Waals surface area contributed by atoms with Crippen LogP contribution in [0.4, 0.5) is 5.69 Å². The van der Waals surface area contributed by atoms with Gasteiger partial charge < -0.3 is 9.47 Å². The monoisotopic (exact) mass is 444 g/mol. The van der Waals surface area contributed by atoms with Crippen LogP contribution in [0, 0.1) is 0 Å². The van der Waals surface area contributed by atoms with E-state index in [-0.39, 0.29) is 12.0 Å². The first-order chi connectivity index (χ1) is 14.4. The number of carbonyl (C=O) groups is 1. The van der Waals surface area contributed by atoms with E-state index in [9.17, 15) is 4.79 Å². The Labute approximate surface area is 186 Å². The standard InChI is InChI=1S/C23H25ClN2O3S/c1-5-15(3)29-20-12-7-16(13-19(20)24)14-21-22(27)26(6-2)23(30-21)25-17-8-10-18(28-4)11-9-17/h7-15H,5-6H2,1-4H3/b21-14-,25-23?/t15-/m1/s1. The molecule has 0 bridgehead atoms. The molecule has 0 radical (unpaired) electrons. The average molecular weight is 445 g/mol. The quantitative estimate of drug-likeness (QED) is 0.480. The number of rotatable bonds is 7. The molecule has 1 heterocycles. The minimum absolute atomic E-state index is 0.0641. The molecular formula is C23H25ClN2O3S. The summed E-state index contributed by atoms with van der Waals surface area (Å²) in [5.74, 6) is 1.35. The number of hydrogen-bond donors (Lipinski definition) is 0. The van der Waals surface area contributed by atoms with E-state index in [2.05, 4.69) is 11.9 Å². The Hall–Kier alpha value is -2.44. The van der Waals surface area contributed by atoms with Crippen molar-refractivity contribution in [2.75, 3.05) is 13.7 Å². The number of nitrogens with zero attached hydrogens (tertiary/aromatic N) is 2. The fourth-order valence-electron chi connectivity index (χ4n) is 2.79. The van der Waals surface area contributed by atoms with Crippen LogP contribution in [0.15, 0.2) is 52.4 Å². The lowest BCUT2D eigenvalue weighted by Gasteiger charge is -2.14. The summed E-state index contributed by atoms with van der Waals surface area (Å²) in [7, 11) is 1.62. The third kappa shape index (κ3) is 5.18. The topological polar surface area (TPSA) is 51.1 Å². The number of hydrogen-bond acceptors (Lipinski definition) is 5. The van der Waals surface area contributed by atoms with E-state index in [1.54, 1.807) is 12.0 Å². The van der Waals surface area contributed by atoms with E-state index in [0.717, 1.165) is 23.4 Å². The number of likely N-dealkylation sites (N-methyl/N-ethyl adjacent to an activating group) is 1. The van der Waals surface area contributed by atoms with Gasteiger partial charge in [-0.25, -0.2) is 4.99 Å². The molecule has 0 N–H and O–H groups in total. The Balaban J connectivity index is 1.84. The lowest BCUT2D eigenvalue weighted by molar-refractivity contribution is -0.122. The normalized spacial score (nSPS) is 17.6. The van der Waals surface area contributed by atoms with Gasteiger partial charge in [-0.2, -0.15) is 0 Å². The number of amides is 1. The van der Waals surface area contributed by atoms with E-state index in [1.807, 2.05) is 62.4 Å². The number of amidine groups is 1. The molecule has 2 aromatic rings. The Morgan fingerprint density at radius 2 is 1.93 bits per heavy atom. The summed E-state index contributed by atoms with van der Waals surface area (Å²) in [5.41, 5.74) is 1.61. The molecular weight excluding hydrogens is 420 g/mol. The zero-order valence-electron chi connectivity index (χ0n) is 17.5. The molecule has 1 fully saturated rings. The van der Waals surface area contributed by atoms with Crippen LogP contribution in [-0.4, -0.2) is 35.7 Å². The van der Waals surface area contributed by atoms with Gasteiger partial charge >= 0.3 is 0 Å². The van der Waals surface area contributed by atoms with Crippen molar-refractivity contribution in [1.82, 2.24) is 4.90 Å². The number of aliphatic imine (C=N–C) groups is 1. The highest BCUT2D eigenvalue weighted by atomic mass is 35.5. The van der Waals surface area contributed by atoms with Crippen molar-refractivity contribution in [2.24, 2.45) is 4.99 Å². The minimum atomic E-state index is -0.0641. The number of benzene rings is 2. The molecule has 0 spiro atoms. The van der Waals surface area contributed by atoms with Crippen LogP contribution in [0.2, 0.25) is 5.02 Å². The van der Waals surface area contributed by atoms with Gasteiger partial charge in [0.05, 0.1) is 28.8 Å². The first kappa shape index (κ1) is 22.2. The van der Waals surface area contributed by atoms with Crippen molar-refractivity contribution in [3.63, 3.8) is 0 Å². The van der Waals surface area contributed by atoms with Gasteiger partial charge in [0.15, 0.2) is 5.17 Å². The number of thioether (sulfide) groups is 1. The van der Waals surface area contributed by atoms with Crippen molar-refractivity contribution in [1.29, 1.82) is 0 Å². The second-order valence-corrected chi connectivity index (χ2v) is 8.20. The van der Waals surface area contributed by atoms with Crippen LogP contribution in [0.25, 0.3) is 6.08 Å². The molecule has 0 saturated carbocycles. The van der Waals surface area contributed by atoms with Gasteiger partial charge in [-0.05, 0) is 80.1 Å². The molecule has 1 atom stereocenters. The molecule has 1 aliphatic rings. The molecule has 0 unspecified atom stereocenters. The third-order valence-electron chi connectivity index (χ3n) is 4.66. The maximum absolute atomic E-state index is 12.9. The van der Waals surface area contributed by atoms with Gasteiger partial charge in [-0.3, -0.25) is 9.69 Å². The van der Waals surface area contributed by atoms with Crippen LogP contribution >= 0.6 is 23.4 Å². The number of methoxy groups -OCH3 is 1. The summed E-state index contributed by atoms with van der Waals surface area (Å²) in [6.45, 7) is 6.54. The molecule has 158 valence electrons. The summed E-state index contributed by atoms with van der Waals surface area (Å²) in [6, 6.07) is 13.0. The van der Waals surface area contributed by atoms with Gasteiger partial charge in [-0.15, -0.1) is 0 Å². The lowest BCUT2D eigenvalue weighted by atomic mass is 10.2. The van der Waals surface area contributed by atoms with Crippen molar-refractivity contribution >= 4 is 46.2 Å². The molecule has 1 saturated heterocycles. The van der Waals surface area contributed by atoms with Crippen LogP contribution in [0.5, 0.6) is 11.5 Å². The molecule has 0 aromatic heterocycles. The van der Waals surface area contributed by atoms with Crippen molar-refractivity contribution in [3.05, 3.63) is 58.0 Å². The smallest absolute Gasteiger partial charge is 0.266 e. The highest BCUT2D eigenvalue weighted by Crippen LogP contribution is 2.35. The van der Waals surface area contributed by atoms with Crippen LogP contribution in [0.1, 0.15) is 32.8 Å². The molecule has 2 aromatic carbocycles. The van der Waals surface area contributed by atoms with E-state index in [0.29, 0.717) is 27.4 Å². The van der Waals surface area contributed by atoms with Gasteiger partial charge in [-0.1, -0.05) is 24.6 Å². The van der Waals surface area contributed by atoms with Gasteiger partial charge in [0, 0.05) is 6.54 Å². The molecule has 0 aliphatic carbocycles. The second kappa shape index (κ2) is 10.0. The van der Waals surface area contributed by atoms with Gasteiger partial charge in [0.2, 0.25) is 0 Å². The Kier molecular flexibility index (Phi) is 7.45. The van der Waals surface area contributed by atoms with Crippen LogP contribution < -0.4 is 9.47 Å². The van der Waals surface area contributed by atoms with Gasteiger partial charge in [0.25, 0.3) is 5.91 Å². The SMILES string of the molecule is CC[C@@H](C)Oc1ccc(/C=C2\SC(=Nc3ccc(OC)cc3)N(CC)C2=O)cc1Cl. The van der Waals surface area contributed by atoms with Crippen molar-refractivity contribution < 1.29 is 14.3 Å². The van der Waals surface area contributed by atoms with Crippen LogP contribution in [-0.2, 0) is 4.79 Å². The number of ether oxygens (including phenoxy) is 2. The fraction of sp³-hybridized carbons (Fsp3) is 0.304. The van der Waals surface area contributed by atoms with Crippen molar-refractivity contribution in [2.45, 2.75) is 33.3 Å². The van der Waals surface area contributed by atoms with Crippen molar-refractivity contribution in [3.8, 4) is 11.5 Å². The molecule has 3 rings (SSSR count). The van der Waals surface area contributed by atoms with E-state index >= 15 is 0 Å². The second-order valence-electron chi connectivity index (χ2n) is 6.78. The maximum atomic E-state index is 12.9. The van der Waals surface area contributed by atoms with E-state index in [4.69, 9.17) is 21.1 Å². The maximum Gasteiger partial charge on any atom is 0.266 e. The average Bonchev–Trinajstić information content (AvgIpc) is 3.04. The zero-order chi connectivity index (χ0) is 21.7. The van der Waals surface area contributed by atoms with E-state index in [1.165, 1.54) is 11.8 Å². The Bertz CT molecular complexity index is 973. The minimum Gasteiger partial charge on any atom is -0.497 e. The fourth-order valence-corrected chi connectivity index (χ4v) is 4.09. The van der Waals surface area contributed by atoms with E-state index < -0.39 is 0 Å². The highest BCUT2D eigenvalue weighted by molar-refractivity contribution is 8.18. The van der Waals surface area contributed by atoms with Crippen LogP contribution in [0.3, 0.4) is 0 Å². The molecule has 1 aliphatic heterocycles. The Morgan fingerprint density at radius 3 is 2.53 bits per heavy atom. The molecule has 7 heteroatoms. The summed E-state index contributed by atoms with van der Waals surface area (Å²) < 4.78 is 11.0. The number of carbonyl (C=O) groups excluding carboxylic acids is 1. The number of halogens is 1. The first-order valence-electron chi connectivity index (χ1n) is 9.85. The summed E-state index contributed by atoms with van der Waals surface area (Å²) >= 11 is 7.74. The molecule has 1 amide bonds. The summed E-state index contributed by atoms with van der Waals surface area (Å²) in [5, 5.41) is 1.18. The first-order valence-corrected chi connectivity index (χ1v) is 11.0. The summed E-state index contributed by atoms with van der Waals surface area (Å²) in [4.78, 5) is 19.8. The largest absolute Gasteiger partial charge is 0.497 e. The summed E-state index contributed by atoms with van der Waals surface area (Å²) in [6.07, 6.45) is 2.83. The predicted molar refractivity (Wildman–Crippen MR) is 125 cm³/mol. The zero-order valence-corrected chi connectivity index (χ0v) is 19.1. The van der Waals surface area contributed by atoms with Gasteiger partial charge in [0.1, 0.15) is 11.5 Å². The third-order valence-corrected chi connectivity index (χ3v) is 5.96. The molecule has 30 heavy (non-hydrogen) atoms. The lowest BCUT2D eigenvalue weighted by Crippen LogP contribution is -2.28. The molecule has 5 nitrogen and oxygen atoms in total. The predicted octanol–water partition coefficient (Wildman–Crippen LogP) is 6.15. The Morgan fingerprint density at radius 1 is 1.20 bits per heavy atom.